The van der Waals surface area contributed by atoms with Gasteiger partial charge in [0.25, 0.3) is 0 Å². The van der Waals surface area contributed by atoms with Crippen LogP contribution in [0.4, 0.5) is 0 Å². The molecule has 82 valence electrons. The Hall–Kier alpha value is -1.32. The van der Waals surface area contributed by atoms with Crippen LogP contribution in [-0.2, 0) is 11.2 Å². The third kappa shape index (κ3) is 2.43. The fraction of sp³-hybridized carbons (Fsp3) is 0.0909. The van der Waals surface area contributed by atoms with Crippen LogP contribution in [0.2, 0.25) is 5.02 Å². The second-order valence-corrected chi connectivity index (χ2v) is 3.98. The van der Waals surface area contributed by atoms with Gasteiger partial charge in [-0.15, -0.1) is 0 Å². The van der Waals surface area contributed by atoms with Crippen LogP contribution in [-0.4, -0.2) is 10.2 Å². The standard InChI is InChI=1S/C11H7Cl2NO2/c12-9-4-2-1-3-8(9)11-14-7(6-16-11)5-10(13)15/h1-4,6H,5H2. The van der Waals surface area contributed by atoms with Crippen molar-refractivity contribution in [3.8, 4) is 11.5 Å². The Balaban J connectivity index is 2.32. The molecule has 0 saturated carbocycles. The number of carbonyl (C=O) groups excluding carboxylic acids is 1. The molecular weight excluding hydrogens is 249 g/mol. The van der Waals surface area contributed by atoms with Crippen LogP contribution in [0.1, 0.15) is 5.69 Å². The van der Waals surface area contributed by atoms with E-state index in [1.165, 1.54) is 6.26 Å². The van der Waals surface area contributed by atoms with Gasteiger partial charge in [-0.3, -0.25) is 4.79 Å². The average molecular weight is 256 g/mol. The van der Waals surface area contributed by atoms with Crippen LogP contribution in [0.3, 0.4) is 0 Å². The third-order valence-electron chi connectivity index (χ3n) is 1.98. The van der Waals surface area contributed by atoms with Gasteiger partial charge in [-0.05, 0) is 23.7 Å². The maximum absolute atomic E-state index is 10.7. The first-order chi connectivity index (χ1) is 7.66. The van der Waals surface area contributed by atoms with Crippen molar-refractivity contribution in [1.82, 2.24) is 4.98 Å². The molecule has 0 radical (unpaired) electrons. The lowest BCUT2D eigenvalue weighted by Gasteiger charge is -1.96. The Morgan fingerprint density at radius 2 is 2.12 bits per heavy atom. The molecule has 0 amide bonds. The summed E-state index contributed by atoms with van der Waals surface area (Å²) in [5.41, 5.74) is 1.19. The van der Waals surface area contributed by atoms with E-state index in [2.05, 4.69) is 4.98 Å². The lowest BCUT2D eigenvalue weighted by Crippen LogP contribution is -1.93. The molecule has 1 aromatic heterocycles. The number of halogens is 2. The van der Waals surface area contributed by atoms with E-state index in [4.69, 9.17) is 27.6 Å². The highest BCUT2D eigenvalue weighted by Gasteiger charge is 2.11. The summed E-state index contributed by atoms with van der Waals surface area (Å²) in [5, 5.41) is 0.0760. The monoisotopic (exact) mass is 255 g/mol. The maximum Gasteiger partial charge on any atom is 0.227 e. The molecule has 0 spiro atoms. The van der Waals surface area contributed by atoms with E-state index in [9.17, 15) is 4.79 Å². The SMILES string of the molecule is O=C(Cl)Cc1coc(-c2ccccc2Cl)n1. The number of hydrogen-bond donors (Lipinski definition) is 0. The summed E-state index contributed by atoms with van der Waals surface area (Å²) in [7, 11) is 0. The summed E-state index contributed by atoms with van der Waals surface area (Å²) >= 11 is 11.2. The van der Waals surface area contributed by atoms with E-state index in [0.717, 1.165) is 0 Å². The molecule has 0 aliphatic rings. The molecule has 0 saturated heterocycles. The highest BCUT2D eigenvalue weighted by atomic mass is 35.5. The highest BCUT2D eigenvalue weighted by Crippen LogP contribution is 2.26. The topological polar surface area (TPSA) is 43.1 Å². The first-order valence-electron chi connectivity index (χ1n) is 4.54. The van der Waals surface area contributed by atoms with Crippen molar-refractivity contribution in [2.24, 2.45) is 0 Å². The molecule has 0 atom stereocenters. The molecule has 0 bridgehead atoms. The van der Waals surface area contributed by atoms with Crippen molar-refractivity contribution in [1.29, 1.82) is 0 Å². The van der Waals surface area contributed by atoms with E-state index in [1.807, 2.05) is 12.1 Å². The molecule has 16 heavy (non-hydrogen) atoms. The van der Waals surface area contributed by atoms with E-state index < -0.39 is 5.24 Å². The van der Waals surface area contributed by atoms with Gasteiger partial charge >= 0.3 is 0 Å². The number of carbonyl (C=O) groups is 1. The minimum absolute atomic E-state index is 0.0511. The Kier molecular flexibility index (Phi) is 3.27. The Morgan fingerprint density at radius 1 is 1.38 bits per heavy atom. The Morgan fingerprint density at radius 3 is 2.81 bits per heavy atom. The van der Waals surface area contributed by atoms with Crippen molar-refractivity contribution in [3.63, 3.8) is 0 Å². The van der Waals surface area contributed by atoms with Gasteiger partial charge in [0.2, 0.25) is 11.1 Å². The number of aromatic nitrogens is 1. The number of benzene rings is 1. The van der Waals surface area contributed by atoms with Gasteiger partial charge in [0.15, 0.2) is 0 Å². The summed E-state index contributed by atoms with van der Waals surface area (Å²) in [5.74, 6) is 0.388. The van der Waals surface area contributed by atoms with Crippen LogP contribution in [0.25, 0.3) is 11.5 Å². The normalized spacial score (nSPS) is 10.4. The van der Waals surface area contributed by atoms with E-state index in [0.29, 0.717) is 22.2 Å². The zero-order valence-electron chi connectivity index (χ0n) is 8.11. The van der Waals surface area contributed by atoms with E-state index in [-0.39, 0.29) is 6.42 Å². The minimum Gasteiger partial charge on any atom is -0.444 e. The number of rotatable bonds is 3. The van der Waals surface area contributed by atoms with Crippen molar-refractivity contribution in [2.45, 2.75) is 6.42 Å². The average Bonchev–Trinajstić information content (AvgIpc) is 2.66. The fourth-order valence-electron chi connectivity index (χ4n) is 1.29. The van der Waals surface area contributed by atoms with Gasteiger partial charge in [-0.1, -0.05) is 23.7 Å². The van der Waals surface area contributed by atoms with E-state index >= 15 is 0 Å². The molecule has 2 rings (SSSR count). The van der Waals surface area contributed by atoms with Gasteiger partial charge in [0, 0.05) is 0 Å². The van der Waals surface area contributed by atoms with Crippen LogP contribution in [0.5, 0.6) is 0 Å². The highest BCUT2D eigenvalue weighted by molar-refractivity contribution is 6.63. The lowest BCUT2D eigenvalue weighted by atomic mass is 10.2. The molecular formula is C11H7Cl2NO2. The molecule has 0 aliphatic heterocycles. The minimum atomic E-state index is -0.473. The fourth-order valence-corrected chi connectivity index (χ4v) is 1.64. The van der Waals surface area contributed by atoms with Gasteiger partial charge in [-0.2, -0.15) is 0 Å². The second-order valence-electron chi connectivity index (χ2n) is 3.16. The molecule has 1 aromatic carbocycles. The first kappa shape index (κ1) is 11.2. The number of nitrogens with zero attached hydrogens (tertiary/aromatic N) is 1. The summed E-state index contributed by atoms with van der Waals surface area (Å²) in [6.45, 7) is 0. The zero-order chi connectivity index (χ0) is 11.5. The van der Waals surface area contributed by atoms with Crippen LogP contribution >= 0.6 is 23.2 Å². The van der Waals surface area contributed by atoms with Crippen LogP contribution in [0, 0.1) is 0 Å². The van der Waals surface area contributed by atoms with Gasteiger partial charge < -0.3 is 4.42 Å². The van der Waals surface area contributed by atoms with Crippen LogP contribution in [0.15, 0.2) is 34.9 Å². The smallest absolute Gasteiger partial charge is 0.227 e. The first-order valence-corrected chi connectivity index (χ1v) is 5.30. The summed E-state index contributed by atoms with van der Waals surface area (Å²) in [4.78, 5) is 14.8. The molecule has 2 aromatic rings. The quantitative estimate of drug-likeness (QED) is 0.791. The lowest BCUT2D eigenvalue weighted by molar-refractivity contribution is -0.111. The molecule has 0 aliphatic carbocycles. The summed E-state index contributed by atoms with van der Waals surface area (Å²) < 4.78 is 5.23. The number of oxazole rings is 1. The Bertz CT molecular complexity index is 522. The van der Waals surface area contributed by atoms with Crippen molar-refractivity contribution in [2.75, 3.05) is 0 Å². The molecule has 3 nitrogen and oxygen atoms in total. The predicted molar refractivity (Wildman–Crippen MR) is 61.5 cm³/mol. The predicted octanol–water partition coefficient (Wildman–Crippen LogP) is 3.30. The number of hydrogen-bond acceptors (Lipinski definition) is 3. The molecule has 0 N–H and O–H groups in total. The molecule has 0 fully saturated rings. The molecule has 1 heterocycles. The zero-order valence-corrected chi connectivity index (χ0v) is 9.63. The van der Waals surface area contributed by atoms with Gasteiger partial charge in [-0.25, -0.2) is 4.98 Å². The van der Waals surface area contributed by atoms with Crippen LogP contribution < -0.4 is 0 Å². The molecule has 5 heteroatoms. The summed E-state index contributed by atoms with van der Waals surface area (Å²) in [6, 6.07) is 7.18. The largest absolute Gasteiger partial charge is 0.444 e. The van der Waals surface area contributed by atoms with Gasteiger partial charge in [0.05, 0.1) is 22.7 Å². The van der Waals surface area contributed by atoms with Crippen molar-refractivity contribution < 1.29 is 9.21 Å². The third-order valence-corrected chi connectivity index (χ3v) is 2.44. The maximum atomic E-state index is 10.7. The van der Waals surface area contributed by atoms with Crippen molar-refractivity contribution in [3.05, 3.63) is 41.2 Å². The van der Waals surface area contributed by atoms with Gasteiger partial charge in [0.1, 0.15) is 6.26 Å². The van der Waals surface area contributed by atoms with Crippen molar-refractivity contribution >= 4 is 28.4 Å². The van der Waals surface area contributed by atoms with E-state index in [1.54, 1.807) is 12.1 Å². The summed E-state index contributed by atoms with van der Waals surface area (Å²) in [6.07, 6.45) is 1.45. The Labute approximate surface area is 102 Å². The molecule has 0 unspecified atom stereocenters. The second kappa shape index (κ2) is 4.68.